The van der Waals surface area contributed by atoms with Crippen molar-refractivity contribution in [2.24, 2.45) is 5.73 Å². The van der Waals surface area contributed by atoms with Gasteiger partial charge in [0.15, 0.2) is 0 Å². The van der Waals surface area contributed by atoms with Crippen molar-refractivity contribution < 1.29 is 4.79 Å². The summed E-state index contributed by atoms with van der Waals surface area (Å²) in [5.74, 6) is 0. The largest absolute Gasteiger partial charge is 0.333 e. The number of hydrogen-bond donors (Lipinski definition) is 1. The zero-order chi connectivity index (χ0) is 13.2. The summed E-state index contributed by atoms with van der Waals surface area (Å²) < 4.78 is 0. The van der Waals surface area contributed by atoms with Crippen LogP contribution in [0.2, 0.25) is 0 Å². The van der Waals surface area contributed by atoms with Crippen LogP contribution in [0.1, 0.15) is 84.0 Å². The Bertz CT molecular complexity index is 126. The van der Waals surface area contributed by atoms with E-state index < -0.39 is 0 Å². The number of unbranched alkanes of at least 4 members (excludes halogenated alkanes) is 11. The Kier molecular flexibility index (Phi) is 23.4. The fourth-order valence-electron chi connectivity index (χ4n) is 1.89. The van der Waals surface area contributed by atoms with Crippen LogP contribution in [0.25, 0.3) is 0 Å². The van der Waals surface area contributed by atoms with Crippen LogP contribution < -0.4 is 5.73 Å². The van der Waals surface area contributed by atoms with E-state index >= 15 is 0 Å². The van der Waals surface area contributed by atoms with Gasteiger partial charge in [-0.1, -0.05) is 71.1 Å². The molecule has 0 unspecified atom stereocenters. The molecular formula is C15H33NO. The number of aldehydes is 1. The molecule has 0 spiro atoms. The predicted molar refractivity (Wildman–Crippen MR) is 77.3 cm³/mol. The number of hydrogen-bond acceptors (Lipinski definition) is 2. The van der Waals surface area contributed by atoms with E-state index in [9.17, 15) is 4.79 Å². The standard InChI is InChI=1S/C14H28O.CH5N/c1-2-3-4-5-6-7-8-9-10-11-12-13-14-15;1-2/h14H,2-13H2,1H3;2H2,1H3. The Morgan fingerprint density at radius 2 is 1.06 bits per heavy atom. The minimum atomic E-state index is 0.761. The summed E-state index contributed by atoms with van der Waals surface area (Å²) in [6.07, 6.45) is 16.7. The van der Waals surface area contributed by atoms with Crippen molar-refractivity contribution in [1.29, 1.82) is 0 Å². The van der Waals surface area contributed by atoms with Crippen molar-refractivity contribution >= 4 is 6.29 Å². The molecule has 0 heterocycles. The Hall–Kier alpha value is -0.370. The molecule has 17 heavy (non-hydrogen) atoms. The smallest absolute Gasteiger partial charge is 0.119 e. The van der Waals surface area contributed by atoms with E-state index in [-0.39, 0.29) is 0 Å². The van der Waals surface area contributed by atoms with Crippen LogP contribution in [-0.4, -0.2) is 13.3 Å². The molecule has 0 amide bonds. The summed E-state index contributed by atoms with van der Waals surface area (Å²) in [5.41, 5.74) is 4.50. The van der Waals surface area contributed by atoms with Crippen molar-refractivity contribution in [2.75, 3.05) is 7.05 Å². The number of nitrogens with two attached hydrogens (primary N) is 1. The summed E-state index contributed by atoms with van der Waals surface area (Å²) in [5, 5.41) is 0. The molecule has 0 aliphatic heterocycles. The SMILES string of the molecule is CCCCCCCCCCCCCC=O.CN. The van der Waals surface area contributed by atoms with Gasteiger partial charge in [-0.15, -0.1) is 0 Å². The molecular weight excluding hydrogens is 210 g/mol. The van der Waals surface area contributed by atoms with Crippen molar-refractivity contribution in [3.05, 3.63) is 0 Å². The van der Waals surface area contributed by atoms with E-state index in [2.05, 4.69) is 12.7 Å². The van der Waals surface area contributed by atoms with Crippen LogP contribution in [-0.2, 0) is 4.79 Å². The molecule has 2 nitrogen and oxygen atoms in total. The zero-order valence-corrected chi connectivity index (χ0v) is 12.0. The molecule has 0 aromatic carbocycles. The Labute approximate surface area is 108 Å². The van der Waals surface area contributed by atoms with Crippen molar-refractivity contribution in [3.8, 4) is 0 Å². The second-order valence-corrected chi connectivity index (χ2v) is 4.49. The Morgan fingerprint density at radius 3 is 1.41 bits per heavy atom. The molecule has 0 aromatic rings. The second-order valence-electron chi connectivity index (χ2n) is 4.49. The van der Waals surface area contributed by atoms with Gasteiger partial charge in [0.05, 0.1) is 0 Å². The fourth-order valence-corrected chi connectivity index (χ4v) is 1.89. The van der Waals surface area contributed by atoms with E-state index in [4.69, 9.17) is 0 Å². The average Bonchev–Trinajstić information content (AvgIpc) is 2.38. The third-order valence-corrected chi connectivity index (χ3v) is 2.93. The van der Waals surface area contributed by atoms with E-state index in [0.29, 0.717) is 0 Å². The highest BCUT2D eigenvalue weighted by Gasteiger charge is 1.92. The fraction of sp³-hybridized carbons (Fsp3) is 0.933. The molecule has 0 rings (SSSR count). The van der Waals surface area contributed by atoms with Gasteiger partial charge in [-0.2, -0.15) is 0 Å². The number of carbonyl (C=O) groups is 1. The van der Waals surface area contributed by atoms with E-state index in [1.165, 1.54) is 71.3 Å². The topological polar surface area (TPSA) is 43.1 Å². The van der Waals surface area contributed by atoms with Gasteiger partial charge in [-0.3, -0.25) is 0 Å². The van der Waals surface area contributed by atoms with Gasteiger partial charge in [-0.05, 0) is 13.5 Å². The maximum absolute atomic E-state index is 10.1. The van der Waals surface area contributed by atoms with Gasteiger partial charge in [0.25, 0.3) is 0 Å². The summed E-state index contributed by atoms with van der Waals surface area (Å²) in [6.45, 7) is 2.26. The highest BCUT2D eigenvalue weighted by atomic mass is 16.1. The average molecular weight is 243 g/mol. The lowest BCUT2D eigenvalue weighted by Crippen LogP contribution is -1.82. The zero-order valence-electron chi connectivity index (χ0n) is 12.0. The molecule has 2 N–H and O–H groups in total. The summed E-state index contributed by atoms with van der Waals surface area (Å²) in [7, 11) is 1.50. The van der Waals surface area contributed by atoms with Crippen LogP contribution in [0.3, 0.4) is 0 Å². The molecule has 104 valence electrons. The second kappa shape index (κ2) is 21.0. The molecule has 0 saturated heterocycles. The van der Waals surface area contributed by atoms with E-state index in [1.807, 2.05) is 0 Å². The Balaban J connectivity index is 0. The van der Waals surface area contributed by atoms with Gasteiger partial charge in [0.1, 0.15) is 6.29 Å². The first-order chi connectivity index (χ1) is 8.41. The summed E-state index contributed by atoms with van der Waals surface area (Å²) in [4.78, 5) is 10.1. The first kappa shape index (κ1) is 19.0. The maximum atomic E-state index is 10.1. The Morgan fingerprint density at radius 1 is 0.706 bits per heavy atom. The first-order valence-corrected chi connectivity index (χ1v) is 7.43. The van der Waals surface area contributed by atoms with Crippen LogP contribution in [0, 0.1) is 0 Å². The van der Waals surface area contributed by atoms with Crippen molar-refractivity contribution in [2.45, 2.75) is 84.0 Å². The van der Waals surface area contributed by atoms with Crippen molar-refractivity contribution in [1.82, 2.24) is 0 Å². The minimum absolute atomic E-state index is 0.761. The van der Waals surface area contributed by atoms with Gasteiger partial charge in [-0.25, -0.2) is 0 Å². The van der Waals surface area contributed by atoms with Gasteiger partial charge in [0, 0.05) is 6.42 Å². The molecule has 0 fully saturated rings. The predicted octanol–water partition coefficient (Wildman–Crippen LogP) is 4.46. The molecule has 0 aromatic heterocycles. The molecule has 0 radical (unpaired) electrons. The van der Waals surface area contributed by atoms with E-state index in [1.54, 1.807) is 0 Å². The maximum Gasteiger partial charge on any atom is 0.119 e. The third kappa shape index (κ3) is 21.5. The number of rotatable bonds is 12. The molecule has 0 atom stereocenters. The highest BCUT2D eigenvalue weighted by molar-refractivity contribution is 5.48. The molecule has 2 heteroatoms. The number of carbonyl (C=O) groups excluding carboxylic acids is 1. The normalized spacial score (nSPS) is 9.59. The molecule has 0 aliphatic carbocycles. The van der Waals surface area contributed by atoms with E-state index in [0.717, 1.165) is 19.1 Å². The monoisotopic (exact) mass is 243 g/mol. The van der Waals surface area contributed by atoms with Gasteiger partial charge in [0.2, 0.25) is 0 Å². The molecule has 0 aliphatic rings. The summed E-state index contributed by atoms with van der Waals surface area (Å²) in [6, 6.07) is 0. The molecule has 0 saturated carbocycles. The minimum Gasteiger partial charge on any atom is -0.333 e. The third-order valence-electron chi connectivity index (χ3n) is 2.93. The highest BCUT2D eigenvalue weighted by Crippen LogP contribution is 2.11. The first-order valence-electron chi connectivity index (χ1n) is 7.43. The van der Waals surface area contributed by atoms with Crippen LogP contribution in [0.5, 0.6) is 0 Å². The van der Waals surface area contributed by atoms with Crippen molar-refractivity contribution in [3.63, 3.8) is 0 Å². The van der Waals surface area contributed by atoms with Gasteiger partial charge >= 0.3 is 0 Å². The van der Waals surface area contributed by atoms with Crippen LogP contribution in [0.15, 0.2) is 0 Å². The lowest BCUT2D eigenvalue weighted by Gasteiger charge is -2.01. The van der Waals surface area contributed by atoms with Crippen LogP contribution >= 0.6 is 0 Å². The quantitative estimate of drug-likeness (QED) is 0.406. The lowest BCUT2D eigenvalue weighted by atomic mass is 10.1. The lowest BCUT2D eigenvalue weighted by molar-refractivity contribution is -0.107. The molecule has 0 bridgehead atoms. The van der Waals surface area contributed by atoms with Crippen LogP contribution in [0.4, 0.5) is 0 Å². The summed E-state index contributed by atoms with van der Waals surface area (Å²) >= 11 is 0. The van der Waals surface area contributed by atoms with Gasteiger partial charge < -0.3 is 10.5 Å².